The number of hydroxylamine groups is 1. The van der Waals surface area contributed by atoms with Crippen LogP contribution in [-0.2, 0) is 0 Å². The fourth-order valence-corrected chi connectivity index (χ4v) is 1.66. The lowest BCUT2D eigenvalue weighted by Crippen LogP contribution is -2.18. The largest absolute Gasteiger partial charge is 0.757 e. The lowest BCUT2D eigenvalue weighted by atomic mass is 10.2. The third-order valence-electron chi connectivity index (χ3n) is 2.61. The number of nitrogens with zero attached hydrogens (tertiary/aromatic N) is 3. The minimum absolute atomic E-state index is 0.0908. The standard InChI is InChI=1S/C12H18N3O3/c1-3-4-5-6-7-14(16)12-9-11(15(17)18)8-10(2)13-12/h8-9H,3-7H2,1-2H3/q-1. The summed E-state index contributed by atoms with van der Waals surface area (Å²) in [4.78, 5) is 14.2. The number of aromatic nitrogens is 1. The van der Waals surface area contributed by atoms with E-state index in [0.29, 0.717) is 12.2 Å². The molecular weight excluding hydrogens is 234 g/mol. The maximum Gasteiger partial charge on any atom is 0.274 e. The van der Waals surface area contributed by atoms with Crippen LogP contribution in [-0.4, -0.2) is 16.5 Å². The summed E-state index contributed by atoms with van der Waals surface area (Å²) in [6.07, 6.45) is 3.96. The molecule has 0 bridgehead atoms. The number of nitro groups is 1. The molecule has 0 aliphatic carbocycles. The van der Waals surface area contributed by atoms with Crippen LogP contribution in [0.25, 0.3) is 0 Å². The molecule has 1 aromatic rings. The molecule has 18 heavy (non-hydrogen) atoms. The molecule has 0 aromatic carbocycles. The Balaban J connectivity index is 2.67. The average molecular weight is 252 g/mol. The van der Waals surface area contributed by atoms with Gasteiger partial charge in [0.25, 0.3) is 5.69 Å². The van der Waals surface area contributed by atoms with E-state index in [-0.39, 0.29) is 11.5 Å². The van der Waals surface area contributed by atoms with Gasteiger partial charge in [0.15, 0.2) is 0 Å². The number of pyridine rings is 1. The van der Waals surface area contributed by atoms with Crippen LogP contribution >= 0.6 is 0 Å². The zero-order valence-electron chi connectivity index (χ0n) is 10.8. The Morgan fingerprint density at radius 1 is 1.33 bits per heavy atom. The smallest absolute Gasteiger partial charge is 0.274 e. The van der Waals surface area contributed by atoms with E-state index in [1.165, 1.54) is 12.1 Å². The highest BCUT2D eigenvalue weighted by atomic mass is 16.6. The predicted molar refractivity (Wildman–Crippen MR) is 70.5 cm³/mol. The lowest BCUT2D eigenvalue weighted by Gasteiger charge is -2.29. The molecule has 1 aromatic heterocycles. The van der Waals surface area contributed by atoms with Crippen molar-refractivity contribution in [3.8, 4) is 0 Å². The van der Waals surface area contributed by atoms with Crippen molar-refractivity contribution < 1.29 is 4.92 Å². The summed E-state index contributed by atoms with van der Waals surface area (Å²) in [6, 6.07) is 2.58. The number of anilines is 1. The van der Waals surface area contributed by atoms with Crippen LogP contribution in [0.1, 0.15) is 38.3 Å². The van der Waals surface area contributed by atoms with Crippen molar-refractivity contribution in [3.05, 3.63) is 33.1 Å². The highest BCUT2D eigenvalue weighted by molar-refractivity contribution is 5.48. The zero-order valence-corrected chi connectivity index (χ0v) is 10.8. The lowest BCUT2D eigenvalue weighted by molar-refractivity contribution is -0.384. The van der Waals surface area contributed by atoms with Gasteiger partial charge in [0.2, 0.25) is 0 Å². The number of unbranched alkanes of at least 4 members (excludes halogenated alkanes) is 3. The van der Waals surface area contributed by atoms with Gasteiger partial charge in [0.1, 0.15) is 5.82 Å². The molecule has 100 valence electrons. The summed E-state index contributed by atoms with van der Waals surface area (Å²) in [5.41, 5.74) is 0.389. The van der Waals surface area contributed by atoms with Crippen LogP contribution in [0.15, 0.2) is 12.1 Å². The van der Waals surface area contributed by atoms with E-state index < -0.39 is 4.92 Å². The summed E-state index contributed by atoms with van der Waals surface area (Å²) in [5, 5.41) is 23.2. The number of hydrogen-bond acceptors (Lipinski definition) is 5. The first kappa shape index (κ1) is 14.4. The molecule has 0 spiro atoms. The quantitative estimate of drug-likeness (QED) is 0.423. The van der Waals surface area contributed by atoms with Gasteiger partial charge in [0.05, 0.1) is 11.0 Å². The Labute approximate surface area is 106 Å². The summed E-state index contributed by atoms with van der Waals surface area (Å²) in [5.74, 6) is 0.123. The highest BCUT2D eigenvalue weighted by Crippen LogP contribution is 2.20. The molecule has 0 amide bonds. The minimum Gasteiger partial charge on any atom is -0.757 e. The Hall–Kier alpha value is -1.69. The second kappa shape index (κ2) is 6.90. The van der Waals surface area contributed by atoms with Gasteiger partial charge < -0.3 is 10.3 Å². The number of aryl methyl sites for hydroxylation is 1. The fourth-order valence-electron chi connectivity index (χ4n) is 1.66. The van der Waals surface area contributed by atoms with E-state index in [9.17, 15) is 15.3 Å². The van der Waals surface area contributed by atoms with Crippen LogP contribution in [0, 0.1) is 22.2 Å². The molecule has 0 radical (unpaired) electrons. The van der Waals surface area contributed by atoms with E-state index >= 15 is 0 Å². The van der Waals surface area contributed by atoms with Gasteiger partial charge in [-0.1, -0.05) is 26.2 Å². The molecule has 6 nitrogen and oxygen atoms in total. The fraction of sp³-hybridized carbons (Fsp3) is 0.583. The first-order valence-corrected chi connectivity index (χ1v) is 6.12. The topological polar surface area (TPSA) is 82.3 Å². The molecule has 0 saturated carbocycles. The molecule has 0 saturated heterocycles. The van der Waals surface area contributed by atoms with Crippen molar-refractivity contribution in [2.45, 2.75) is 39.5 Å². The Kier molecular flexibility index (Phi) is 5.51. The second-order valence-corrected chi connectivity index (χ2v) is 4.24. The first-order valence-electron chi connectivity index (χ1n) is 6.12. The molecule has 0 N–H and O–H groups in total. The van der Waals surface area contributed by atoms with E-state index in [1.54, 1.807) is 6.92 Å². The normalized spacial score (nSPS) is 10.4. The third kappa shape index (κ3) is 4.29. The summed E-state index contributed by atoms with van der Waals surface area (Å²) >= 11 is 0. The van der Waals surface area contributed by atoms with Gasteiger partial charge in [-0.2, -0.15) is 0 Å². The van der Waals surface area contributed by atoms with Crippen molar-refractivity contribution in [2.75, 3.05) is 11.6 Å². The van der Waals surface area contributed by atoms with Crippen LogP contribution in [0.5, 0.6) is 0 Å². The molecule has 0 aliphatic heterocycles. The van der Waals surface area contributed by atoms with Crippen LogP contribution in [0.2, 0.25) is 0 Å². The molecular formula is C12H18N3O3-. The van der Waals surface area contributed by atoms with Crippen molar-refractivity contribution >= 4 is 11.5 Å². The average Bonchev–Trinajstić information content (AvgIpc) is 2.33. The second-order valence-electron chi connectivity index (χ2n) is 4.24. The SMILES string of the molecule is CCCCCCN([O-])c1cc([N+](=O)[O-])cc(C)n1. The van der Waals surface area contributed by atoms with Crippen molar-refractivity contribution in [1.82, 2.24) is 4.98 Å². The Morgan fingerprint density at radius 3 is 2.67 bits per heavy atom. The maximum atomic E-state index is 11.8. The number of hydrogen-bond donors (Lipinski definition) is 0. The molecule has 0 fully saturated rings. The molecule has 1 rings (SSSR count). The first-order chi connectivity index (χ1) is 8.54. The maximum absolute atomic E-state index is 11.8. The van der Waals surface area contributed by atoms with Crippen molar-refractivity contribution in [3.63, 3.8) is 0 Å². The van der Waals surface area contributed by atoms with E-state index in [0.717, 1.165) is 30.7 Å². The molecule has 1 heterocycles. The molecule has 6 heteroatoms. The third-order valence-corrected chi connectivity index (χ3v) is 2.61. The zero-order chi connectivity index (χ0) is 13.5. The number of rotatable bonds is 7. The van der Waals surface area contributed by atoms with Crippen LogP contribution < -0.4 is 5.06 Å². The Morgan fingerprint density at radius 2 is 2.06 bits per heavy atom. The monoisotopic (exact) mass is 252 g/mol. The van der Waals surface area contributed by atoms with E-state index in [2.05, 4.69) is 11.9 Å². The summed E-state index contributed by atoms with van der Waals surface area (Å²) in [7, 11) is 0. The van der Waals surface area contributed by atoms with Crippen molar-refractivity contribution in [1.29, 1.82) is 0 Å². The van der Waals surface area contributed by atoms with Crippen LogP contribution in [0.3, 0.4) is 0 Å². The van der Waals surface area contributed by atoms with E-state index in [4.69, 9.17) is 0 Å². The van der Waals surface area contributed by atoms with Gasteiger partial charge >= 0.3 is 0 Å². The van der Waals surface area contributed by atoms with Gasteiger partial charge in [0, 0.05) is 18.3 Å². The Bertz CT molecular complexity index is 410. The van der Waals surface area contributed by atoms with Gasteiger partial charge in [-0.15, -0.1) is 0 Å². The highest BCUT2D eigenvalue weighted by Gasteiger charge is 2.09. The summed E-state index contributed by atoms with van der Waals surface area (Å²) in [6.45, 7) is 4.06. The minimum atomic E-state index is -0.511. The van der Waals surface area contributed by atoms with Crippen molar-refractivity contribution in [2.24, 2.45) is 0 Å². The van der Waals surface area contributed by atoms with Gasteiger partial charge in [-0.3, -0.25) is 10.1 Å². The van der Waals surface area contributed by atoms with E-state index in [1.807, 2.05) is 0 Å². The molecule has 0 atom stereocenters. The molecule has 0 unspecified atom stereocenters. The predicted octanol–water partition coefficient (Wildman–Crippen LogP) is 3.18. The molecule has 0 aliphatic rings. The van der Waals surface area contributed by atoms with Gasteiger partial charge in [-0.25, -0.2) is 4.98 Å². The summed E-state index contributed by atoms with van der Waals surface area (Å²) < 4.78 is 0. The van der Waals surface area contributed by atoms with Crippen LogP contribution in [0.4, 0.5) is 11.5 Å². The van der Waals surface area contributed by atoms with Gasteiger partial charge in [-0.05, 0) is 13.3 Å².